The molecule has 1 aromatic rings. The van der Waals surface area contributed by atoms with Gasteiger partial charge in [0.1, 0.15) is 5.75 Å². The van der Waals surface area contributed by atoms with E-state index < -0.39 is 23.5 Å². The molecule has 0 aromatic heterocycles. The number of carbonyl (C=O) groups excluding carboxylic acids is 2. The molecule has 7 nitrogen and oxygen atoms in total. The van der Waals surface area contributed by atoms with Gasteiger partial charge in [0.25, 0.3) is 0 Å². The SMILES string of the molecule is O=C(O)CCC1=C(CCC(=O)O)C(=O)c2c(O)cccc2C1=O. The Morgan fingerprint density at radius 3 is 1.91 bits per heavy atom. The van der Waals surface area contributed by atoms with Crippen LogP contribution in [-0.2, 0) is 9.59 Å². The number of rotatable bonds is 6. The maximum atomic E-state index is 12.5. The van der Waals surface area contributed by atoms with Crippen molar-refractivity contribution in [2.45, 2.75) is 25.7 Å². The highest BCUT2D eigenvalue weighted by molar-refractivity contribution is 6.28. The summed E-state index contributed by atoms with van der Waals surface area (Å²) in [4.78, 5) is 46.6. The lowest BCUT2D eigenvalue weighted by atomic mass is 9.80. The van der Waals surface area contributed by atoms with Crippen LogP contribution in [0.3, 0.4) is 0 Å². The molecule has 0 atom stereocenters. The number of aliphatic carboxylic acids is 2. The fourth-order valence-electron chi connectivity index (χ4n) is 2.55. The molecule has 0 fully saturated rings. The van der Waals surface area contributed by atoms with Crippen LogP contribution in [-0.4, -0.2) is 38.8 Å². The molecule has 0 bridgehead atoms. The van der Waals surface area contributed by atoms with Crippen LogP contribution >= 0.6 is 0 Å². The molecule has 0 spiro atoms. The smallest absolute Gasteiger partial charge is 0.303 e. The van der Waals surface area contributed by atoms with E-state index in [0.717, 1.165) is 0 Å². The summed E-state index contributed by atoms with van der Waals surface area (Å²) in [6.07, 6.45) is -1.07. The van der Waals surface area contributed by atoms with Gasteiger partial charge in [-0.1, -0.05) is 12.1 Å². The van der Waals surface area contributed by atoms with Crippen LogP contribution in [0.25, 0.3) is 0 Å². The molecule has 23 heavy (non-hydrogen) atoms. The van der Waals surface area contributed by atoms with Gasteiger partial charge in [0, 0.05) is 29.6 Å². The van der Waals surface area contributed by atoms with Crippen molar-refractivity contribution in [1.29, 1.82) is 0 Å². The quantitative estimate of drug-likeness (QED) is 0.729. The van der Waals surface area contributed by atoms with E-state index in [1.807, 2.05) is 0 Å². The van der Waals surface area contributed by atoms with Crippen LogP contribution in [0.5, 0.6) is 5.75 Å². The van der Waals surface area contributed by atoms with Crippen molar-refractivity contribution in [3.05, 3.63) is 40.5 Å². The molecule has 0 heterocycles. The first kappa shape index (κ1) is 16.4. The van der Waals surface area contributed by atoms with Crippen molar-refractivity contribution in [2.24, 2.45) is 0 Å². The number of phenolic OH excluding ortho intramolecular Hbond substituents is 1. The van der Waals surface area contributed by atoms with Gasteiger partial charge in [0.05, 0.1) is 5.56 Å². The number of carbonyl (C=O) groups is 4. The van der Waals surface area contributed by atoms with Crippen LogP contribution in [0, 0.1) is 0 Å². The molecular formula is C16H14O7. The topological polar surface area (TPSA) is 129 Å². The van der Waals surface area contributed by atoms with Crippen molar-refractivity contribution >= 4 is 23.5 Å². The number of benzene rings is 1. The molecule has 0 saturated carbocycles. The first-order valence-corrected chi connectivity index (χ1v) is 6.90. The van der Waals surface area contributed by atoms with Gasteiger partial charge < -0.3 is 15.3 Å². The minimum absolute atomic E-state index is 0.00876. The zero-order valence-corrected chi connectivity index (χ0v) is 12.0. The van der Waals surface area contributed by atoms with Crippen LogP contribution in [0.15, 0.2) is 29.3 Å². The zero-order chi connectivity index (χ0) is 17.1. The van der Waals surface area contributed by atoms with Crippen LogP contribution in [0.1, 0.15) is 46.4 Å². The third-order valence-corrected chi connectivity index (χ3v) is 3.60. The molecule has 0 amide bonds. The number of ketones is 2. The second-order valence-corrected chi connectivity index (χ2v) is 5.10. The van der Waals surface area contributed by atoms with E-state index in [1.54, 1.807) is 0 Å². The second-order valence-electron chi connectivity index (χ2n) is 5.10. The maximum Gasteiger partial charge on any atom is 0.303 e. The van der Waals surface area contributed by atoms with Gasteiger partial charge in [-0.15, -0.1) is 0 Å². The molecule has 0 aliphatic heterocycles. The molecule has 1 aliphatic rings. The van der Waals surface area contributed by atoms with E-state index >= 15 is 0 Å². The summed E-state index contributed by atoms with van der Waals surface area (Å²) < 4.78 is 0. The van der Waals surface area contributed by atoms with Crippen molar-refractivity contribution in [3.63, 3.8) is 0 Å². The van der Waals surface area contributed by atoms with E-state index in [1.165, 1.54) is 18.2 Å². The number of allylic oxidation sites excluding steroid dienone is 2. The molecule has 3 N–H and O–H groups in total. The molecular weight excluding hydrogens is 304 g/mol. The Kier molecular flexibility index (Phi) is 4.59. The molecule has 7 heteroatoms. The lowest BCUT2D eigenvalue weighted by Gasteiger charge is -2.21. The zero-order valence-electron chi connectivity index (χ0n) is 12.0. The number of Topliss-reactive ketones (excluding diaryl/α,β-unsaturated/α-hetero) is 2. The minimum Gasteiger partial charge on any atom is -0.507 e. The van der Waals surface area contributed by atoms with E-state index in [4.69, 9.17) is 10.2 Å². The third kappa shape index (κ3) is 3.28. The van der Waals surface area contributed by atoms with Gasteiger partial charge in [0.15, 0.2) is 11.6 Å². The summed E-state index contributed by atoms with van der Waals surface area (Å²) in [7, 11) is 0. The third-order valence-electron chi connectivity index (χ3n) is 3.60. The van der Waals surface area contributed by atoms with Gasteiger partial charge in [-0.05, 0) is 18.9 Å². The summed E-state index contributed by atoms with van der Waals surface area (Å²) in [5.41, 5.74) is -0.171. The predicted molar refractivity (Wildman–Crippen MR) is 77.5 cm³/mol. The van der Waals surface area contributed by atoms with Crippen LogP contribution in [0.2, 0.25) is 0 Å². The van der Waals surface area contributed by atoms with Crippen LogP contribution in [0.4, 0.5) is 0 Å². The number of carboxylic acids is 2. The summed E-state index contributed by atoms with van der Waals surface area (Å²) in [6.45, 7) is 0. The van der Waals surface area contributed by atoms with Gasteiger partial charge in [-0.3, -0.25) is 19.2 Å². The van der Waals surface area contributed by atoms with Gasteiger partial charge in [-0.2, -0.15) is 0 Å². The largest absolute Gasteiger partial charge is 0.507 e. The summed E-state index contributed by atoms with van der Waals surface area (Å²) in [5, 5.41) is 27.4. The van der Waals surface area contributed by atoms with Crippen molar-refractivity contribution < 1.29 is 34.5 Å². The number of phenols is 1. The Bertz CT molecular complexity index is 743. The Morgan fingerprint density at radius 2 is 1.39 bits per heavy atom. The van der Waals surface area contributed by atoms with Crippen LogP contribution < -0.4 is 0 Å². The van der Waals surface area contributed by atoms with E-state index in [9.17, 15) is 24.3 Å². The lowest BCUT2D eigenvalue weighted by Crippen LogP contribution is -2.23. The van der Waals surface area contributed by atoms with E-state index in [2.05, 4.69) is 0 Å². The fourth-order valence-corrected chi connectivity index (χ4v) is 2.55. The molecule has 0 saturated heterocycles. The Hall–Kier alpha value is -2.96. The number of fused-ring (bicyclic) bond motifs is 1. The average molecular weight is 318 g/mol. The highest BCUT2D eigenvalue weighted by Gasteiger charge is 2.33. The van der Waals surface area contributed by atoms with Crippen molar-refractivity contribution in [1.82, 2.24) is 0 Å². The average Bonchev–Trinajstić information content (AvgIpc) is 2.47. The monoisotopic (exact) mass is 318 g/mol. The highest BCUT2D eigenvalue weighted by Crippen LogP contribution is 2.35. The maximum absolute atomic E-state index is 12.5. The Morgan fingerprint density at radius 1 is 0.870 bits per heavy atom. The first-order valence-electron chi connectivity index (χ1n) is 6.90. The van der Waals surface area contributed by atoms with E-state index in [0.29, 0.717) is 0 Å². The highest BCUT2D eigenvalue weighted by atomic mass is 16.4. The van der Waals surface area contributed by atoms with Gasteiger partial charge in [-0.25, -0.2) is 0 Å². The number of aromatic hydroxyl groups is 1. The molecule has 2 rings (SSSR count). The number of carboxylic acid groups (broad SMARTS) is 2. The minimum atomic E-state index is -1.14. The predicted octanol–water partition coefficient (Wildman–Crippen LogP) is 1.80. The Balaban J connectivity index is 2.51. The number of hydrogen-bond acceptors (Lipinski definition) is 5. The Labute approximate surface area is 130 Å². The standard InChI is InChI=1S/C16H14O7/c17-11-3-1-2-10-14(11)16(23)9(5-7-13(20)21)8(15(10)22)4-6-12(18)19/h1-3,17H,4-7H2,(H,18,19)(H,20,21). The summed E-state index contributed by atoms with van der Waals surface area (Å²) >= 11 is 0. The molecule has 120 valence electrons. The normalized spacial score (nSPS) is 13.9. The van der Waals surface area contributed by atoms with Crippen molar-refractivity contribution in [2.75, 3.05) is 0 Å². The molecule has 1 aromatic carbocycles. The van der Waals surface area contributed by atoms with Crippen molar-refractivity contribution in [3.8, 4) is 5.75 Å². The van der Waals surface area contributed by atoms with Gasteiger partial charge in [0.2, 0.25) is 0 Å². The molecule has 0 radical (unpaired) electrons. The second kappa shape index (κ2) is 6.43. The summed E-state index contributed by atoms with van der Waals surface area (Å²) in [6, 6.07) is 4.06. The lowest BCUT2D eigenvalue weighted by molar-refractivity contribution is -0.138. The fraction of sp³-hybridized carbons (Fsp3) is 0.250. The summed E-state index contributed by atoms with van der Waals surface area (Å²) in [5.74, 6) is -3.79. The molecule has 1 aliphatic carbocycles. The van der Waals surface area contributed by atoms with Gasteiger partial charge >= 0.3 is 11.9 Å². The molecule has 0 unspecified atom stereocenters. The number of hydrogen-bond donors (Lipinski definition) is 3. The first-order chi connectivity index (χ1) is 10.8. The van der Waals surface area contributed by atoms with E-state index in [-0.39, 0.29) is 53.7 Å².